The summed E-state index contributed by atoms with van der Waals surface area (Å²) in [5, 5.41) is 0. The van der Waals surface area contributed by atoms with Gasteiger partial charge >= 0.3 is 0 Å². The summed E-state index contributed by atoms with van der Waals surface area (Å²) in [6.45, 7) is 6.68. The smallest absolute Gasteiger partial charge is 0.0806 e. The van der Waals surface area contributed by atoms with Crippen LogP contribution in [0.4, 0.5) is 0 Å². The fourth-order valence-electron chi connectivity index (χ4n) is 2.60. The van der Waals surface area contributed by atoms with Crippen LogP contribution in [0.5, 0.6) is 0 Å². The first kappa shape index (κ1) is 14.5. The highest BCUT2D eigenvalue weighted by Gasteiger charge is 2.37. The lowest BCUT2D eigenvalue weighted by Gasteiger charge is -2.27. The van der Waals surface area contributed by atoms with Crippen LogP contribution in [-0.4, -0.2) is 13.2 Å². The van der Waals surface area contributed by atoms with E-state index < -0.39 is 0 Å². The van der Waals surface area contributed by atoms with E-state index >= 15 is 0 Å². The molecule has 2 rings (SSSR count). The molecular formula is C16H26N2O. The second-order valence-corrected chi connectivity index (χ2v) is 6.55. The van der Waals surface area contributed by atoms with Crippen molar-refractivity contribution in [1.82, 2.24) is 5.43 Å². The zero-order valence-corrected chi connectivity index (χ0v) is 12.4. The summed E-state index contributed by atoms with van der Waals surface area (Å²) >= 11 is 0. The molecule has 0 saturated heterocycles. The van der Waals surface area contributed by atoms with Gasteiger partial charge in [-0.25, -0.2) is 0 Å². The number of benzene rings is 1. The largest absolute Gasteiger partial charge is 0.379 e. The molecule has 0 radical (unpaired) electrons. The van der Waals surface area contributed by atoms with E-state index in [4.69, 9.17) is 10.6 Å². The van der Waals surface area contributed by atoms with Gasteiger partial charge in [0, 0.05) is 7.11 Å². The number of nitrogens with one attached hydrogen (secondary N) is 1. The van der Waals surface area contributed by atoms with Gasteiger partial charge in [-0.2, -0.15) is 0 Å². The van der Waals surface area contributed by atoms with E-state index in [1.54, 1.807) is 7.11 Å². The molecule has 0 heterocycles. The van der Waals surface area contributed by atoms with Crippen LogP contribution in [0.1, 0.15) is 50.8 Å². The molecule has 1 saturated carbocycles. The molecule has 19 heavy (non-hydrogen) atoms. The number of hydrogen-bond donors (Lipinski definition) is 2. The first-order valence-electron chi connectivity index (χ1n) is 7.06. The number of hydrogen-bond acceptors (Lipinski definition) is 3. The average Bonchev–Trinajstić information content (AvgIpc) is 3.19. The lowest BCUT2D eigenvalue weighted by Crippen LogP contribution is -2.38. The van der Waals surface area contributed by atoms with Crippen LogP contribution in [0.3, 0.4) is 0 Å². The number of rotatable bonds is 5. The van der Waals surface area contributed by atoms with E-state index in [2.05, 4.69) is 50.5 Å². The molecule has 1 fully saturated rings. The number of hydrazine groups is 1. The zero-order valence-electron chi connectivity index (χ0n) is 12.4. The Morgan fingerprint density at radius 1 is 1.21 bits per heavy atom. The maximum absolute atomic E-state index is 5.74. The standard InChI is InChI=1S/C16H26N2O/c1-16(2,3)13-9-7-11(8-10-13)14(18-17)15(19-4)12-5-6-12/h7-10,12,14-15,18H,5-6,17H2,1-4H3. The van der Waals surface area contributed by atoms with E-state index in [1.807, 2.05) is 0 Å². The minimum Gasteiger partial charge on any atom is -0.379 e. The molecule has 1 aromatic carbocycles. The van der Waals surface area contributed by atoms with Crippen LogP contribution in [-0.2, 0) is 10.2 Å². The predicted molar refractivity (Wildman–Crippen MR) is 78.7 cm³/mol. The van der Waals surface area contributed by atoms with Gasteiger partial charge in [0.1, 0.15) is 0 Å². The van der Waals surface area contributed by atoms with Crippen molar-refractivity contribution in [1.29, 1.82) is 0 Å². The van der Waals surface area contributed by atoms with Crippen molar-refractivity contribution in [2.75, 3.05) is 7.11 Å². The van der Waals surface area contributed by atoms with Crippen LogP contribution in [0.25, 0.3) is 0 Å². The third-order valence-electron chi connectivity index (χ3n) is 4.00. The second-order valence-electron chi connectivity index (χ2n) is 6.55. The maximum atomic E-state index is 5.74. The third kappa shape index (κ3) is 3.35. The molecule has 106 valence electrons. The molecule has 2 atom stereocenters. The Kier molecular flexibility index (Phi) is 4.29. The molecule has 2 unspecified atom stereocenters. The number of nitrogens with two attached hydrogens (primary N) is 1. The highest BCUT2D eigenvalue weighted by Crippen LogP contribution is 2.39. The van der Waals surface area contributed by atoms with Gasteiger partial charge in [0.2, 0.25) is 0 Å². The zero-order chi connectivity index (χ0) is 14.0. The highest BCUT2D eigenvalue weighted by atomic mass is 16.5. The molecule has 0 bridgehead atoms. The summed E-state index contributed by atoms with van der Waals surface area (Å²) in [6, 6.07) is 8.80. The first-order chi connectivity index (χ1) is 8.97. The van der Waals surface area contributed by atoms with Gasteiger partial charge in [-0.15, -0.1) is 0 Å². The SMILES string of the molecule is COC(C1CC1)C(NN)c1ccc(C(C)(C)C)cc1. The van der Waals surface area contributed by atoms with E-state index in [0.29, 0.717) is 5.92 Å². The molecule has 3 heteroatoms. The Balaban J connectivity index is 2.18. The van der Waals surface area contributed by atoms with Crippen LogP contribution >= 0.6 is 0 Å². The molecule has 0 amide bonds. The van der Waals surface area contributed by atoms with Gasteiger partial charge in [-0.3, -0.25) is 11.3 Å². The van der Waals surface area contributed by atoms with Crippen LogP contribution in [0, 0.1) is 5.92 Å². The third-order valence-corrected chi connectivity index (χ3v) is 4.00. The summed E-state index contributed by atoms with van der Waals surface area (Å²) in [6.07, 6.45) is 2.67. The van der Waals surface area contributed by atoms with E-state index in [9.17, 15) is 0 Å². The van der Waals surface area contributed by atoms with Gasteiger partial charge in [-0.1, -0.05) is 45.0 Å². The quantitative estimate of drug-likeness (QED) is 0.633. The lowest BCUT2D eigenvalue weighted by molar-refractivity contribution is 0.0507. The molecule has 1 aliphatic carbocycles. The Bertz CT molecular complexity index is 404. The van der Waals surface area contributed by atoms with Crippen molar-refractivity contribution in [3.8, 4) is 0 Å². The Morgan fingerprint density at radius 3 is 2.16 bits per heavy atom. The van der Waals surface area contributed by atoms with Crippen LogP contribution < -0.4 is 11.3 Å². The molecule has 3 N–H and O–H groups in total. The minimum absolute atomic E-state index is 0.0755. The van der Waals surface area contributed by atoms with Crippen molar-refractivity contribution in [3.63, 3.8) is 0 Å². The van der Waals surface area contributed by atoms with Gasteiger partial charge in [0.15, 0.2) is 0 Å². The second kappa shape index (κ2) is 5.61. The van der Waals surface area contributed by atoms with Gasteiger partial charge in [0.05, 0.1) is 12.1 Å². The summed E-state index contributed by atoms with van der Waals surface area (Å²) in [5.41, 5.74) is 5.65. The molecule has 1 aromatic rings. The monoisotopic (exact) mass is 262 g/mol. The highest BCUT2D eigenvalue weighted by molar-refractivity contribution is 5.30. The van der Waals surface area contributed by atoms with Gasteiger partial charge in [-0.05, 0) is 35.3 Å². The number of ether oxygens (including phenoxy) is 1. The molecule has 0 aliphatic heterocycles. The average molecular weight is 262 g/mol. The van der Waals surface area contributed by atoms with Crippen molar-refractivity contribution in [3.05, 3.63) is 35.4 Å². The molecular weight excluding hydrogens is 236 g/mol. The van der Waals surface area contributed by atoms with Gasteiger partial charge in [0.25, 0.3) is 0 Å². The Hall–Kier alpha value is -0.900. The molecule has 0 aromatic heterocycles. The van der Waals surface area contributed by atoms with Crippen LogP contribution in [0.15, 0.2) is 24.3 Å². The lowest BCUT2D eigenvalue weighted by atomic mass is 9.86. The fraction of sp³-hybridized carbons (Fsp3) is 0.625. The maximum Gasteiger partial charge on any atom is 0.0806 e. The predicted octanol–water partition coefficient (Wildman–Crippen LogP) is 2.91. The van der Waals surface area contributed by atoms with E-state index in [0.717, 1.165) is 0 Å². The summed E-state index contributed by atoms with van der Waals surface area (Å²) in [4.78, 5) is 0. The molecule has 0 spiro atoms. The van der Waals surface area contributed by atoms with E-state index in [1.165, 1.54) is 24.0 Å². The van der Waals surface area contributed by atoms with E-state index in [-0.39, 0.29) is 17.6 Å². The van der Waals surface area contributed by atoms with Crippen molar-refractivity contribution in [2.24, 2.45) is 11.8 Å². The Labute approximate surface area is 116 Å². The summed E-state index contributed by atoms with van der Waals surface area (Å²) in [5.74, 6) is 6.39. The Morgan fingerprint density at radius 2 is 1.79 bits per heavy atom. The summed E-state index contributed by atoms with van der Waals surface area (Å²) < 4.78 is 5.64. The fourth-order valence-corrected chi connectivity index (χ4v) is 2.60. The first-order valence-corrected chi connectivity index (χ1v) is 7.06. The number of methoxy groups -OCH3 is 1. The van der Waals surface area contributed by atoms with Crippen LogP contribution in [0.2, 0.25) is 0 Å². The topological polar surface area (TPSA) is 47.3 Å². The summed E-state index contributed by atoms with van der Waals surface area (Å²) in [7, 11) is 1.77. The van der Waals surface area contributed by atoms with Crippen molar-refractivity contribution >= 4 is 0 Å². The van der Waals surface area contributed by atoms with Crippen molar-refractivity contribution in [2.45, 2.75) is 51.2 Å². The molecule has 1 aliphatic rings. The normalized spacial score (nSPS) is 19.2. The van der Waals surface area contributed by atoms with Gasteiger partial charge < -0.3 is 4.74 Å². The van der Waals surface area contributed by atoms with Crippen molar-refractivity contribution < 1.29 is 4.74 Å². The minimum atomic E-state index is 0.0755. The molecule has 3 nitrogen and oxygen atoms in total.